The predicted molar refractivity (Wildman–Crippen MR) is 124 cm³/mol. The Kier molecular flexibility index (Phi) is 7.25. The van der Waals surface area contributed by atoms with Crippen LogP contribution in [0.25, 0.3) is 6.08 Å². The van der Waals surface area contributed by atoms with Crippen molar-refractivity contribution < 1.29 is 25.2 Å². The number of allylic oxidation sites excluding steroid dienone is 2. The lowest BCUT2D eigenvalue weighted by Crippen LogP contribution is -2.48. The number of primary amides is 1. The van der Waals surface area contributed by atoms with Crippen LogP contribution >= 0.6 is 0 Å². The van der Waals surface area contributed by atoms with Crippen molar-refractivity contribution in [3.05, 3.63) is 59.1 Å². The highest BCUT2D eigenvalue weighted by atomic mass is 16.6. The Hall–Kier alpha value is -3.26. The number of hydrogen-bond acceptors (Lipinski definition) is 6. The molecule has 1 saturated heterocycles. The zero-order valence-corrected chi connectivity index (χ0v) is 19.1. The minimum atomic E-state index is -0.647. The molecule has 0 radical (unpaired) electrons. The minimum absolute atomic E-state index is 0. The van der Waals surface area contributed by atoms with Crippen LogP contribution in [0.15, 0.2) is 53.5 Å². The average Bonchev–Trinajstić information content (AvgIpc) is 2.78. The lowest BCUT2D eigenvalue weighted by Gasteiger charge is -2.31. The molecule has 1 aromatic rings. The van der Waals surface area contributed by atoms with Crippen molar-refractivity contribution in [2.75, 3.05) is 47.4 Å². The van der Waals surface area contributed by atoms with Gasteiger partial charge < -0.3 is 29.7 Å². The first-order valence-corrected chi connectivity index (χ1v) is 10.5. The topological polar surface area (TPSA) is 94.3 Å². The van der Waals surface area contributed by atoms with Crippen LogP contribution in [-0.4, -0.2) is 69.2 Å². The zero-order chi connectivity index (χ0) is 23.3. The molecule has 1 atom stereocenters. The summed E-state index contributed by atoms with van der Waals surface area (Å²) in [6.45, 7) is 4.87. The van der Waals surface area contributed by atoms with Gasteiger partial charge in [-0.2, -0.15) is 0 Å². The van der Waals surface area contributed by atoms with Gasteiger partial charge in [-0.25, -0.2) is 4.79 Å². The number of ether oxygens (including phenoxy) is 3. The van der Waals surface area contributed by atoms with Crippen molar-refractivity contribution >= 4 is 18.1 Å². The smallest absolute Gasteiger partial charge is 0.415 e. The number of rotatable bonds is 6. The van der Waals surface area contributed by atoms with Gasteiger partial charge in [0.2, 0.25) is 5.91 Å². The largest absolute Gasteiger partial charge is 0.493 e. The molecule has 1 heterocycles. The third kappa shape index (κ3) is 5.31. The number of benzene rings is 1. The van der Waals surface area contributed by atoms with Gasteiger partial charge in [-0.05, 0) is 49.4 Å². The second kappa shape index (κ2) is 9.91. The molecule has 1 aromatic carbocycles. The summed E-state index contributed by atoms with van der Waals surface area (Å²) in [5.41, 5.74) is 6.30. The van der Waals surface area contributed by atoms with Crippen molar-refractivity contribution in [2.24, 2.45) is 11.1 Å². The first-order chi connectivity index (χ1) is 15.3. The first kappa shape index (κ1) is 23.4. The van der Waals surface area contributed by atoms with Crippen molar-refractivity contribution in [3.8, 4) is 5.75 Å². The number of methoxy groups -OCH3 is 2. The molecule has 3 rings (SSSR count). The van der Waals surface area contributed by atoms with E-state index in [-0.39, 0.29) is 7.52 Å². The van der Waals surface area contributed by atoms with E-state index in [2.05, 4.69) is 4.90 Å². The maximum atomic E-state index is 12.4. The number of hydrogen-bond donors (Lipinski definition) is 1. The summed E-state index contributed by atoms with van der Waals surface area (Å²) in [7, 11) is 5.16. The van der Waals surface area contributed by atoms with E-state index in [1.54, 1.807) is 49.5 Å². The number of nitrogens with two attached hydrogens (primary N) is 1. The Balaban J connectivity index is 0.00000385. The summed E-state index contributed by atoms with van der Waals surface area (Å²) >= 11 is 0. The van der Waals surface area contributed by atoms with Gasteiger partial charge in [0, 0.05) is 38.6 Å². The molecule has 32 heavy (non-hydrogen) atoms. The summed E-state index contributed by atoms with van der Waals surface area (Å²) in [6, 6.07) is 7.00. The second-order valence-electron chi connectivity index (χ2n) is 8.26. The highest BCUT2D eigenvalue weighted by molar-refractivity contribution is 5.98. The lowest BCUT2D eigenvalue weighted by molar-refractivity contribution is -0.115. The summed E-state index contributed by atoms with van der Waals surface area (Å²) in [5, 5.41) is 0. The highest BCUT2D eigenvalue weighted by Gasteiger charge is 2.34. The molecule has 1 aliphatic carbocycles. The van der Waals surface area contributed by atoms with Gasteiger partial charge in [0.1, 0.15) is 5.75 Å². The second-order valence-corrected chi connectivity index (χ2v) is 8.26. The highest BCUT2D eigenvalue weighted by Crippen LogP contribution is 2.40. The summed E-state index contributed by atoms with van der Waals surface area (Å²) in [4.78, 5) is 28.6. The van der Waals surface area contributed by atoms with Crippen LogP contribution in [0.5, 0.6) is 5.75 Å². The fourth-order valence-electron chi connectivity index (χ4n) is 3.83. The number of likely N-dealkylation sites (N-methyl/N-ethyl adjacent to an activating group) is 1. The quantitative estimate of drug-likeness (QED) is 0.679. The van der Waals surface area contributed by atoms with Crippen LogP contribution in [-0.2, 0) is 14.3 Å². The van der Waals surface area contributed by atoms with Crippen LogP contribution in [0.3, 0.4) is 0 Å². The molecule has 0 bridgehead atoms. The third-order valence-corrected chi connectivity index (χ3v) is 5.88. The first-order valence-electron chi connectivity index (χ1n) is 10.5. The molecule has 174 valence electrons. The molecule has 8 nitrogen and oxygen atoms in total. The number of piperazine rings is 1. The third-order valence-electron chi connectivity index (χ3n) is 5.88. The lowest BCUT2D eigenvalue weighted by atomic mass is 9.75. The maximum Gasteiger partial charge on any atom is 0.415 e. The molecule has 0 saturated carbocycles. The predicted octanol–water partition coefficient (Wildman–Crippen LogP) is 3.02. The minimum Gasteiger partial charge on any atom is -0.493 e. The van der Waals surface area contributed by atoms with Gasteiger partial charge in [0.15, 0.2) is 11.5 Å². The molecule has 2 N–H and O–H groups in total. The molecule has 2 aliphatic rings. The molecule has 1 unspecified atom stereocenters. The van der Waals surface area contributed by atoms with E-state index in [0.717, 1.165) is 18.7 Å². The molecule has 0 spiro atoms. The van der Waals surface area contributed by atoms with Gasteiger partial charge >= 0.3 is 6.09 Å². The molecule has 1 aliphatic heterocycles. The van der Waals surface area contributed by atoms with Gasteiger partial charge in [-0.3, -0.25) is 4.79 Å². The van der Waals surface area contributed by atoms with Crippen LogP contribution in [0.2, 0.25) is 0 Å². The van der Waals surface area contributed by atoms with E-state index in [4.69, 9.17) is 19.9 Å². The van der Waals surface area contributed by atoms with Crippen molar-refractivity contribution in [2.45, 2.75) is 13.3 Å². The van der Waals surface area contributed by atoms with E-state index < -0.39 is 11.3 Å². The standard InChI is InChI=1S/C24H31N3O5.H2/c1-24(10-9-20(30-3)21(16-24)31-4)19(22(25)28)15-17-5-7-18(8-6-17)32-23(29)27-13-11-26(2)12-14-27;/h5-9,15-16H,10-14H2,1-4H3,(H2,25,28);1H/b19-15-;. The summed E-state index contributed by atoms with van der Waals surface area (Å²) in [5.74, 6) is 1.11. The van der Waals surface area contributed by atoms with Crippen molar-refractivity contribution in [3.63, 3.8) is 0 Å². The van der Waals surface area contributed by atoms with E-state index in [1.165, 1.54) is 0 Å². The molecule has 2 amide bonds. The Morgan fingerprint density at radius 3 is 2.25 bits per heavy atom. The molecular weight excluding hydrogens is 410 g/mol. The van der Waals surface area contributed by atoms with E-state index in [1.807, 2.05) is 26.1 Å². The maximum absolute atomic E-state index is 12.4. The van der Waals surface area contributed by atoms with E-state index in [0.29, 0.717) is 42.4 Å². The Bertz CT molecular complexity index is 949. The Morgan fingerprint density at radius 1 is 1.06 bits per heavy atom. The summed E-state index contributed by atoms with van der Waals surface area (Å²) in [6.07, 6.45) is 5.68. The van der Waals surface area contributed by atoms with Crippen molar-refractivity contribution in [1.29, 1.82) is 0 Å². The van der Waals surface area contributed by atoms with Gasteiger partial charge in [0.25, 0.3) is 0 Å². The molecule has 0 aromatic heterocycles. The van der Waals surface area contributed by atoms with E-state index >= 15 is 0 Å². The van der Waals surface area contributed by atoms with Gasteiger partial charge in [-0.1, -0.05) is 19.1 Å². The fraction of sp³-hybridized carbons (Fsp3) is 0.417. The monoisotopic (exact) mass is 443 g/mol. The summed E-state index contributed by atoms with van der Waals surface area (Å²) < 4.78 is 16.2. The normalized spacial score (nSPS) is 22.0. The molecule has 8 heteroatoms. The number of carbonyl (C=O) groups excluding carboxylic acids is 2. The Labute approximate surface area is 190 Å². The zero-order valence-electron chi connectivity index (χ0n) is 19.1. The fourth-order valence-corrected chi connectivity index (χ4v) is 3.83. The average molecular weight is 444 g/mol. The molecular formula is C24H33N3O5. The van der Waals surface area contributed by atoms with Crippen LogP contribution in [0.4, 0.5) is 4.79 Å². The van der Waals surface area contributed by atoms with Crippen LogP contribution < -0.4 is 10.5 Å². The Morgan fingerprint density at radius 2 is 1.69 bits per heavy atom. The number of amides is 2. The van der Waals surface area contributed by atoms with Gasteiger partial charge in [-0.15, -0.1) is 0 Å². The van der Waals surface area contributed by atoms with Crippen molar-refractivity contribution in [1.82, 2.24) is 9.80 Å². The SMILES string of the molecule is COC1=CCC(C)(/C(=C\c2ccc(OC(=O)N3CCN(C)CC3)cc2)C(N)=O)C=C1OC.[HH]. The molecule has 1 fully saturated rings. The number of carbonyl (C=O) groups is 2. The van der Waals surface area contributed by atoms with Gasteiger partial charge in [0.05, 0.1) is 14.2 Å². The van der Waals surface area contributed by atoms with E-state index in [9.17, 15) is 9.59 Å². The number of nitrogens with zero attached hydrogens (tertiary/aromatic N) is 2. The van der Waals surface area contributed by atoms with Crippen LogP contribution in [0.1, 0.15) is 20.3 Å². The van der Waals surface area contributed by atoms with Crippen LogP contribution in [0, 0.1) is 5.41 Å².